The van der Waals surface area contributed by atoms with Gasteiger partial charge in [0.2, 0.25) is 0 Å². The Morgan fingerprint density at radius 3 is 2.62 bits per heavy atom. The topological polar surface area (TPSA) is 29.5 Å². The Morgan fingerprint density at radius 1 is 1.17 bits per heavy atom. The van der Waals surface area contributed by atoms with Crippen LogP contribution in [0.15, 0.2) is 53.0 Å². The molecule has 1 atom stereocenters. The summed E-state index contributed by atoms with van der Waals surface area (Å²) < 4.78 is 6.75. The maximum Gasteiger partial charge on any atom is 0.254 e. The molecule has 3 rings (SSSR count). The zero-order chi connectivity index (χ0) is 16.9. The summed E-state index contributed by atoms with van der Waals surface area (Å²) in [6.45, 7) is 3.49. The van der Waals surface area contributed by atoms with Crippen molar-refractivity contribution in [3.63, 3.8) is 0 Å². The molecule has 1 fully saturated rings. The number of hydrogen-bond acceptors (Lipinski definition) is 2. The van der Waals surface area contributed by atoms with Crippen LogP contribution in [0.4, 0.5) is 0 Å². The molecule has 0 bridgehead atoms. The highest BCUT2D eigenvalue weighted by Crippen LogP contribution is 2.25. The Labute approximate surface area is 151 Å². The van der Waals surface area contributed by atoms with E-state index in [1.165, 1.54) is 6.42 Å². The highest BCUT2D eigenvalue weighted by atomic mass is 79.9. The third kappa shape index (κ3) is 3.99. The number of piperidine rings is 1. The van der Waals surface area contributed by atoms with E-state index < -0.39 is 0 Å². The van der Waals surface area contributed by atoms with E-state index >= 15 is 0 Å². The fraction of sp³-hybridized carbons (Fsp3) is 0.350. The van der Waals surface area contributed by atoms with Crippen LogP contribution in [-0.4, -0.2) is 23.4 Å². The largest absolute Gasteiger partial charge is 0.488 e. The molecule has 2 aromatic rings. The maximum atomic E-state index is 12.6. The number of rotatable bonds is 4. The second kappa shape index (κ2) is 7.84. The van der Waals surface area contributed by atoms with Gasteiger partial charge in [0.25, 0.3) is 5.91 Å². The molecular formula is C20H22BrNO2. The summed E-state index contributed by atoms with van der Waals surface area (Å²) in [5.74, 6) is 0.959. The molecule has 1 amide bonds. The van der Waals surface area contributed by atoms with Crippen LogP contribution in [0.5, 0.6) is 5.75 Å². The van der Waals surface area contributed by atoms with Gasteiger partial charge >= 0.3 is 0 Å². The van der Waals surface area contributed by atoms with Crippen molar-refractivity contribution in [1.82, 2.24) is 4.90 Å². The van der Waals surface area contributed by atoms with Crippen molar-refractivity contribution < 1.29 is 9.53 Å². The number of carbonyl (C=O) groups excluding carboxylic acids is 1. The molecule has 4 heteroatoms. The van der Waals surface area contributed by atoms with Gasteiger partial charge in [-0.25, -0.2) is 0 Å². The number of ether oxygens (including phenoxy) is 1. The first kappa shape index (κ1) is 17.0. The second-order valence-corrected chi connectivity index (χ2v) is 7.11. The highest BCUT2D eigenvalue weighted by molar-refractivity contribution is 9.10. The third-order valence-corrected chi connectivity index (χ3v) is 5.15. The molecular weight excluding hydrogens is 366 g/mol. The number of likely N-dealkylation sites (tertiary alicyclic amines) is 1. The van der Waals surface area contributed by atoms with E-state index in [1.54, 1.807) is 0 Å². The van der Waals surface area contributed by atoms with Gasteiger partial charge in [-0.15, -0.1) is 0 Å². The number of para-hydroxylation sites is 1. The third-order valence-electron chi connectivity index (χ3n) is 4.50. The fourth-order valence-electron chi connectivity index (χ4n) is 3.03. The molecule has 1 aliphatic heterocycles. The van der Waals surface area contributed by atoms with Crippen LogP contribution < -0.4 is 4.74 Å². The Kier molecular flexibility index (Phi) is 5.56. The van der Waals surface area contributed by atoms with Gasteiger partial charge in [-0.05, 0) is 71.9 Å². The van der Waals surface area contributed by atoms with E-state index in [0.29, 0.717) is 12.6 Å². The predicted molar refractivity (Wildman–Crippen MR) is 99.3 cm³/mol. The summed E-state index contributed by atoms with van der Waals surface area (Å²) >= 11 is 3.47. The normalized spacial score (nSPS) is 17.6. The summed E-state index contributed by atoms with van der Waals surface area (Å²) in [6.07, 6.45) is 3.42. The minimum atomic E-state index is 0.139. The van der Waals surface area contributed by atoms with E-state index in [-0.39, 0.29) is 5.91 Å². The van der Waals surface area contributed by atoms with Crippen molar-refractivity contribution in [2.75, 3.05) is 6.54 Å². The van der Waals surface area contributed by atoms with E-state index in [0.717, 1.165) is 40.7 Å². The maximum absolute atomic E-state index is 12.6. The summed E-state index contributed by atoms with van der Waals surface area (Å²) in [5.41, 5.74) is 1.81. The van der Waals surface area contributed by atoms with Gasteiger partial charge < -0.3 is 9.64 Å². The lowest BCUT2D eigenvalue weighted by Crippen LogP contribution is -2.42. The molecule has 0 spiro atoms. The standard InChI is InChI=1S/C20H22BrNO2/c1-15-6-4-5-13-22(15)20(23)17-11-9-16(10-12-17)14-24-19-8-3-2-7-18(19)21/h2-3,7-12,15H,4-6,13-14H2,1H3/t15-/m0/s1. The number of benzene rings is 2. The number of hydrogen-bond donors (Lipinski definition) is 0. The first-order chi connectivity index (χ1) is 11.6. The average molecular weight is 388 g/mol. The van der Waals surface area contributed by atoms with Gasteiger partial charge in [0.1, 0.15) is 12.4 Å². The van der Waals surface area contributed by atoms with Crippen LogP contribution in [0.25, 0.3) is 0 Å². The average Bonchev–Trinajstić information content (AvgIpc) is 2.61. The molecule has 0 N–H and O–H groups in total. The second-order valence-electron chi connectivity index (χ2n) is 6.26. The van der Waals surface area contributed by atoms with Crippen LogP contribution in [0.2, 0.25) is 0 Å². The van der Waals surface area contributed by atoms with Crippen LogP contribution in [0.3, 0.4) is 0 Å². The molecule has 126 valence electrons. The molecule has 1 heterocycles. The zero-order valence-electron chi connectivity index (χ0n) is 13.9. The molecule has 3 nitrogen and oxygen atoms in total. The monoisotopic (exact) mass is 387 g/mol. The van der Waals surface area contributed by atoms with Crippen molar-refractivity contribution in [2.45, 2.75) is 38.8 Å². The molecule has 1 saturated heterocycles. The van der Waals surface area contributed by atoms with E-state index in [9.17, 15) is 4.79 Å². The molecule has 0 aliphatic carbocycles. The Bertz CT molecular complexity index is 699. The van der Waals surface area contributed by atoms with Gasteiger partial charge in [0.15, 0.2) is 0 Å². The highest BCUT2D eigenvalue weighted by Gasteiger charge is 2.23. The van der Waals surface area contributed by atoms with Crippen LogP contribution >= 0.6 is 15.9 Å². The van der Waals surface area contributed by atoms with Crippen LogP contribution in [0, 0.1) is 0 Å². The number of nitrogens with zero attached hydrogens (tertiary/aromatic N) is 1. The molecule has 0 unspecified atom stereocenters. The van der Waals surface area contributed by atoms with E-state index in [4.69, 9.17) is 4.74 Å². The molecule has 0 radical (unpaired) electrons. The van der Waals surface area contributed by atoms with Crippen LogP contribution in [0.1, 0.15) is 42.1 Å². The minimum absolute atomic E-state index is 0.139. The Hall–Kier alpha value is -1.81. The lowest BCUT2D eigenvalue weighted by atomic mass is 10.0. The van der Waals surface area contributed by atoms with Gasteiger partial charge in [0, 0.05) is 18.2 Å². The van der Waals surface area contributed by atoms with Crippen LogP contribution in [-0.2, 0) is 6.61 Å². The van der Waals surface area contributed by atoms with Crippen molar-refractivity contribution >= 4 is 21.8 Å². The summed E-state index contributed by atoms with van der Waals surface area (Å²) in [5, 5.41) is 0. The van der Waals surface area contributed by atoms with Crippen molar-refractivity contribution in [3.05, 3.63) is 64.1 Å². The summed E-state index contributed by atoms with van der Waals surface area (Å²) in [7, 11) is 0. The van der Waals surface area contributed by atoms with Gasteiger partial charge in [-0.3, -0.25) is 4.79 Å². The molecule has 1 aliphatic rings. The van der Waals surface area contributed by atoms with E-state index in [2.05, 4.69) is 22.9 Å². The molecule has 0 saturated carbocycles. The molecule has 2 aromatic carbocycles. The molecule has 24 heavy (non-hydrogen) atoms. The Balaban J connectivity index is 1.63. The van der Waals surface area contributed by atoms with Gasteiger partial charge in [-0.2, -0.15) is 0 Å². The van der Waals surface area contributed by atoms with Crippen molar-refractivity contribution in [2.24, 2.45) is 0 Å². The summed E-state index contributed by atoms with van der Waals surface area (Å²) in [6, 6.07) is 15.9. The number of amides is 1. The Morgan fingerprint density at radius 2 is 1.92 bits per heavy atom. The lowest BCUT2D eigenvalue weighted by molar-refractivity contribution is 0.0635. The fourth-order valence-corrected chi connectivity index (χ4v) is 3.43. The van der Waals surface area contributed by atoms with Crippen molar-refractivity contribution in [1.29, 1.82) is 0 Å². The summed E-state index contributed by atoms with van der Waals surface area (Å²) in [4.78, 5) is 14.6. The smallest absolute Gasteiger partial charge is 0.254 e. The van der Waals surface area contributed by atoms with E-state index in [1.807, 2.05) is 53.4 Å². The van der Waals surface area contributed by atoms with Gasteiger partial charge in [0.05, 0.1) is 4.47 Å². The van der Waals surface area contributed by atoms with Crippen molar-refractivity contribution in [3.8, 4) is 5.75 Å². The molecule has 0 aromatic heterocycles. The number of halogens is 1. The first-order valence-electron chi connectivity index (χ1n) is 8.42. The predicted octanol–water partition coefficient (Wildman–Crippen LogP) is 5.04. The lowest BCUT2D eigenvalue weighted by Gasteiger charge is -2.33. The first-order valence-corrected chi connectivity index (χ1v) is 9.21. The quantitative estimate of drug-likeness (QED) is 0.734. The zero-order valence-corrected chi connectivity index (χ0v) is 15.5. The SMILES string of the molecule is C[C@H]1CCCCN1C(=O)c1ccc(COc2ccccc2Br)cc1. The number of carbonyl (C=O) groups is 1. The van der Waals surface area contributed by atoms with Gasteiger partial charge in [-0.1, -0.05) is 24.3 Å². The minimum Gasteiger partial charge on any atom is -0.488 e.